The van der Waals surface area contributed by atoms with Crippen molar-refractivity contribution in [2.75, 3.05) is 0 Å². The highest BCUT2D eigenvalue weighted by molar-refractivity contribution is 5.84. The molecule has 3 aromatic carbocycles. The zero-order valence-corrected chi connectivity index (χ0v) is 15.6. The number of rotatable bonds is 6. The van der Waals surface area contributed by atoms with Gasteiger partial charge in [0.05, 0.1) is 0 Å². The third-order valence-corrected chi connectivity index (χ3v) is 4.80. The number of aliphatic carboxylic acids is 1. The van der Waals surface area contributed by atoms with Gasteiger partial charge in [-0.3, -0.25) is 0 Å². The maximum atomic E-state index is 10.9. The summed E-state index contributed by atoms with van der Waals surface area (Å²) in [5.74, 6) is -0.707. The summed E-state index contributed by atoms with van der Waals surface area (Å²) in [5, 5.41) is 13.6. The Morgan fingerprint density at radius 3 is 1.66 bits per heavy atom. The van der Waals surface area contributed by atoms with Crippen LogP contribution in [0.2, 0.25) is 0 Å². The molecule has 0 fully saturated rings. The average molecular weight is 381 g/mol. The Morgan fingerprint density at radius 2 is 1.24 bits per heavy atom. The molecule has 1 heterocycles. The minimum Gasteiger partial charge on any atom is -0.478 e. The first-order valence-electron chi connectivity index (χ1n) is 9.21. The van der Waals surface area contributed by atoms with Gasteiger partial charge in [0.25, 0.3) is 0 Å². The van der Waals surface area contributed by atoms with Crippen molar-refractivity contribution in [3.63, 3.8) is 0 Å². The summed E-state index contributed by atoms with van der Waals surface area (Å²) in [7, 11) is 0. The Balaban J connectivity index is 2.02. The van der Waals surface area contributed by atoms with Crippen molar-refractivity contribution in [1.29, 1.82) is 0 Å². The van der Waals surface area contributed by atoms with E-state index in [1.54, 1.807) is 11.0 Å². The van der Waals surface area contributed by atoms with E-state index in [9.17, 15) is 4.79 Å². The van der Waals surface area contributed by atoms with Crippen LogP contribution in [0.5, 0.6) is 0 Å². The summed E-state index contributed by atoms with van der Waals surface area (Å²) < 4.78 is 1.80. The highest BCUT2D eigenvalue weighted by Gasteiger charge is 2.39. The molecule has 0 aliphatic rings. The molecule has 0 atom stereocenters. The highest BCUT2D eigenvalue weighted by atomic mass is 16.4. The molecule has 0 amide bonds. The number of nitrogens with zero attached hydrogens (tertiary/aromatic N) is 3. The van der Waals surface area contributed by atoms with Crippen LogP contribution in [0.25, 0.3) is 6.08 Å². The van der Waals surface area contributed by atoms with Crippen LogP contribution in [0.3, 0.4) is 0 Å². The molecule has 5 heteroatoms. The molecule has 0 spiro atoms. The molecular formula is C24H19N3O2. The van der Waals surface area contributed by atoms with E-state index < -0.39 is 11.5 Å². The molecule has 1 aromatic heterocycles. The maximum Gasteiger partial charge on any atom is 0.328 e. The molecule has 5 nitrogen and oxygen atoms in total. The Labute approximate surface area is 168 Å². The second kappa shape index (κ2) is 7.94. The smallest absolute Gasteiger partial charge is 0.328 e. The number of aromatic nitrogens is 3. The summed E-state index contributed by atoms with van der Waals surface area (Å²) in [6.07, 6.45) is 4.08. The Kier molecular flexibility index (Phi) is 5.03. The fourth-order valence-corrected chi connectivity index (χ4v) is 3.59. The number of carbonyl (C=O) groups is 1. The molecule has 0 radical (unpaired) electrons. The van der Waals surface area contributed by atoms with Crippen LogP contribution in [0.1, 0.15) is 22.5 Å². The number of carboxylic acid groups (broad SMARTS) is 1. The van der Waals surface area contributed by atoms with E-state index in [0.717, 1.165) is 22.8 Å². The zero-order valence-electron chi connectivity index (χ0n) is 15.6. The minimum absolute atomic E-state index is 0.333. The van der Waals surface area contributed by atoms with Gasteiger partial charge in [0.1, 0.15) is 11.9 Å². The van der Waals surface area contributed by atoms with Crippen molar-refractivity contribution in [2.24, 2.45) is 0 Å². The Hall–Kier alpha value is -3.99. The van der Waals surface area contributed by atoms with Crippen molar-refractivity contribution >= 4 is 12.0 Å². The van der Waals surface area contributed by atoms with E-state index >= 15 is 0 Å². The zero-order chi connectivity index (χ0) is 20.1. The predicted molar refractivity (Wildman–Crippen MR) is 111 cm³/mol. The Bertz CT molecular complexity index is 1020. The van der Waals surface area contributed by atoms with Gasteiger partial charge in [-0.2, -0.15) is 5.10 Å². The van der Waals surface area contributed by atoms with Crippen molar-refractivity contribution in [2.45, 2.75) is 5.54 Å². The second-order valence-corrected chi connectivity index (χ2v) is 6.53. The standard InChI is InChI=1S/C24H19N3O2/c28-23(29)17-16-22-25-18-27(26-22)24(19-10-4-1-5-11-19,20-12-6-2-7-13-20)21-14-8-3-9-15-21/h1-18H,(H,28,29)/b17-16+. The van der Waals surface area contributed by atoms with Crippen molar-refractivity contribution in [3.05, 3.63) is 126 Å². The summed E-state index contributed by atoms with van der Waals surface area (Å²) in [6, 6.07) is 30.3. The first-order chi connectivity index (χ1) is 14.2. The van der Waals surface area contributed by atoms with Gasteiger partial charge in [-0.25, -0.2) is 14.5 Å². The number of hydrogen-bond donors (Lipinski definition) is 1. The van der Waals surface area contributed by atoms with Crippen LogP contribution < -0.4 is 0 Å². The lowest BCUT2D eigenvalue weighted by Gasteiger charge is -2.35. The molecule has 4 aromatic rings. The minimum atomic E-state index is -1.04. The number of carboxylic acids is 1. The summed E-state index contributed by atoms with van der Waals surface area (Å²) >= 11 is 0. The van der Waals surface area contributed by atoms with Crippen LogP contribution in [0.15, 0.2) is 103 Å². The summed E-state index contributed by atoms with van der Waals surface area (Å²) in [6.45, 7) is 0. The molecule has 1 N–H and O–H groups in total. The van der Waals surface area contributed by atoms with Gasteiger partial charge in [-0.05, 0) is 22.8 Å². The SMILES string of the molecule is O=C(O)/C=C/c1ncn(C(c2ccccc2)(c2ccccc2)c2ccccc2)n1. The van der Waals surface area contributed by atoms with Crippen LogP contribution in [-0.2, 0) is 10.3 Å². The third-order valence-electron chi connectivity index (χ3n) is 4.80. The van der Waals surface area contributed by atoms with Crippen LogP contribution in [0, 0.1) is 0 Å². The molecule has 0 aliphatic carbocycles. The lowest BCUT2D eigenvalue weighted by Crippen LogP contribution is -2.38. The lowest BCUT2D eigenvalue weighted by atomic mass is 9.77. The third kappa shape index (κ3) is 3.46. The van der Waals surface area contributed by atoms with E-state index in [4.69, 9.17) is 5.11 Å². The molecule has 0 aliphatic heterocycles. The van der Waals surface area contributed by atoms with Crippen molar-refractivity contribution in [1.82, 2.24) is 14.8 Å². The van der Waals surface area contributed by atoms with Gasteiger partial charge < -0.3 is 5.11 Å². The topological polar surface area (TPSA) is 68.0 Å². The van der Waals surface area contributed by atoms with Crippen LogP contribution in [-0.4, -0.2) is 25.8 Å². The van der Waals surface area contributed by atoms with Crippen LogP contribution in [0.4, 0.5) is 0 Å². The predicted octanol–water partition coefficient (Wildman–Crippen LogP) is 4.22. The number of benzene rings is 3. The van der Waals surface area contributed by atoms with Gasteiger partial charge in [0.2, 0.25) is 0 Å². The van der Waals surface area contributed by atoms with Gasteiger partial charge >= 0.3 is 5.97 Å². The number of hydrogen-bond acceptors (Lipinski definition) is 3. The maximum absolute atomic E-state index is 10.9. The molecule has 0 saturated carbocycles. The normalized spacial score (nSPS) is 11.6. The van der Waals surface area contributed by atoms with E-state index in [0.29, 0.717) is 5.82 Å². The summed E-state index contributed by atoms with van der Waals surface area (Å²) in [5.41, 5.74) is 2.31. The largest absolute Gasteiger partial charge is 0.478 e. The van der Waals surface area contributed by atoms with Crippen LogP contribution >= 0.6 is 0 Å². The van der Waals surface area contributed by atoms with Crippen molar-refractivity contribution in [3.8, 4) is 0 Å². The van der Waals surface area contributed by atoms with E-state index in [1.807, 2.05) is 54.6 Å². The molecular weight excluding hydrogens is 362 g/mol. The summed E-state index contributed by atoms with van der Waals surface area (Å²) in [4.78, 5) is 15.2. The average Bonchev–Trinajstić information content (AvgIpc) is 3.24. The molecule has 0 bridgehead atoms. The lowest BCUT2D eigenvalue weighted by molar-refractivity contribution is -0.131. The van der Waals surface area contributed by atoms with Gasteiger partial charge in [0.15, 0.2) is 5.82 Å². The van der Waals surface area contributed by atoms with Gasteiger partial charge in [0, 0.05) is 6.08 Å². The fraction of sp³-hybridized carbons (Fsp3) is 0.0417. The first-order valence-corrected chi connectivity index (χ1v) is 9.21. The highest BCUT2D eigenvalue weighted by Crippen LogP contribution is 2.40. The van der Waals surface area contributed by atoms with Gasteiger partial charge in [-0.15, -0.1) is 0 Å². The first kappa shape index (κ1) is 18.4. The van der Waals surface area contributed by atoms with Crippen molar-refractivity contribution < 1.29 is 9.90 Å². The molecule has 142 valence electrons. The molecule has 29 heavy (non-hydrogen) atoms. The second-order valence-electron chi connectivity index (χ2n) is 6.53. The van der Waals surface area contributed by atoms with Gasteiger partial charge in [-0.1, -0.05) is 91.0 Å². The molecule has 0 saturated heterocycles. The molecule has 0 unspecified atom stereocenters. The monoisotopic (exact) mass is 381 g/mol. The quantitative estimate of drug-likeness (QED) is 0.401. The van der Waals surface area contributed by atoms with E-state index in [-0.39, 0.29) is 0 Å². The van der Waals surface area contributed by atoms with E-state index in [2.05, 4.69) is 46.5 Å². The fourth-order valence-electron chi connectivity index (χ4n) is 3.59. The molecule has 4 rings (SSSR count). The van der Waals surface area contributed by atoms with E-state index in [1.165, 1.54) is 6.08 Å². The Morgan fingerprint density at radius 1 is 0.793 bits per heavy atom.